The average molecular weight is 288 g/mol. The van der Waals surface area contributed by atoms with Crippen molar-refractivity contribution in [2.75, 3.05) is 0 Å². The number of hydrogen-bond donors (Lipinski definition) is 2. The molecular weight excluding hydrogens is 271 g/mol. The van der Waals surface area contributed by atoms with E-state index >= 15 is 0 Å². The van der Waals surface area contributed by atoms with Crippen LogP contribution in [-0.4, -0.2) is 11.0 Å². The minimum absolute atomic E-state index is 0.120. The van der Waals surface area contributed by atoms with Crippen LogP contribution >= 0.6 is 0 Å². The lowest BCUT2D eigenvalue weighted by Crippen LogP contribution is -2.13. The highest BCUT2D eigenvalue weighted by atomic mass is 19.1. The molecule has 3 N–H and O–H groups in total. The molecule has 2 aromatic carbocycles. The molecule has 0 bridgehead atoms. The Kier molecular flexibility index (Phi) is 4.77. The number of aryl methyl sites for hydroxylation is 1. The summed E-state index contributed by atoms with van der Waals surface area (Å²) in [4.78, 5) is 0. The van der Waals surface area contributed by atoms with Gasteiger partial charge in [-0.05, 0) is 30.2 Å². The number of oxime groups is 1. The second-order valence-corrected chi connectivity index (χ2v) is 4.58. The van der Waals surface area contributed by atoms with Crippen molar-refractivity contribution in [3.8, 4) is 5.75 Å². The third-order valence-corrected chi connectivity index (χ3v) is 3.16. The van der Waals surface area contributed by atoms with Crippen LogP contribution in [0.1, 0.15) is 23.6 Å². The maximum atomic E-state index is 13.9. The van der Waals surface area contributed by atoms with Crippen LogP contribution in [0.3, 0.4) is 0 Å². The van der Waals surface area contributed by atoms with Crippen molar-refractivity contribution in [3.63, 3.8) is 0 Å². The third kappa shape index (κ3) is 3.72. The van der Waals surface area contributed by atoms with Crippen molar-refractivity contribution < 1.29 is 14.3 Å². The van der Waals surface area contributed by atoms with Crippen LogP contribution in [0.2, 0.25) is 0 Å². The van der Waals surface area contributed by atoms with Gasteiger partial charge in [0, 0.05) is 11.1 Å². The summed E-state index contributed by atoms with van der Waals surface area (Å²) in [5, 5.41) is 11.4. The predicted molar refractivity (Wildman–Crippen MR) is 79.1 cm³/mol. The first-order valence-electron chi connectivity index (χ1n) is 6.62. The SMILES string of the molecule is CCc1cccc(OCc2ccc(/C(N)=N/O)cc2F)c1. The molecule has 0 saturated carbocycles. The van der Waals surface area contributed by atoms with E-state index in [1.54, 1.807) is 12.1 Å². The normalized spacial score (nSPS) is 11.4. The summed E-state index contributed by atoms with van der Waals surface area (Å²) in [6, 6.07) is 12.1. The Balaban J connectivity index is 2.09. The molecule has 0 unspecified atom stereocenters. The number of hydrogen-bond acceptors (Lipinski definition) is 3. The minimum atomic E-state index is -0.453. The van der Waals surface area contributed by atoms with Crippen LogP contribution < -0.4 is 10.5 Å². The van der Waals surface area contributed by atoms with Gasteiger partial charge in [-0.2, -0.15) is 0 Å². The molecule has 0 aliphatic carbocycles. The zero-order chi connectivity index (χ0) is 15.2. The first-order chi connectivity index (χ1) is 10.1. The van der Waals surface area contributed by atoms with Gasteiger partial charge in [-0.1, -0.05) is 36.3 Å². The Morgan fingerprint density at radius 1 is 1.29 bits per heavy atom. The highest BCUT2D eigenvalue weighted by Crippen LogP contribution is 2.17. The highest BCUT2D eigenvalue weighted by Gasteiger charge is 2.07. The lowest BCUT2D eigenvalue weighted by molar-refractivity contribution is 0.299. The van der Waals surface area contributed by atoms with Crippen LogP contribution in [0.25, 0.3) is 0 Å². The molecular formula is C16H17FN2O2. The Bertz CT molecular complexity index is 656. The lowest BCUT2D eigenvalue weighted by atomic mass is 10.1. The fourth-order valence-corrected chi connectivity index (χ4v) is 1.90. The first-order valence-corrected chi connectivity index (χ1v) is 6.62. The number of benzene rings is 2. The second kappa shape index (κ2) is 6.74. The summed E-state index contributed by atoms with van der Waals surface area (Å²) in [5.74, 6) is 0.122. The summed E-state index contributed by atoms with van der Waals surface area (Å²) in [6.07, 6.45) is 0.917. The molecule has 110 valence electrons. The second-order valence-electron chi connectivity index (χ2n) is 4.58. The predicted octanol–water partition coefficient (Wildman–Crippen LogP) is 3.06. The number of halogens is 1. The largest absolute Gasteiger partial charge is 0.489 e. The van der Waals surface area contributed by atoms with E-state index < -0.39 is 5.82 Å². The van der Waals surface area contributed by atoms with Gasteiger partial charge in [-0.25, -0.2) is 4.39 Å². The summed E-state index contributed by atoms with van der Waals surface area (Å²) in [6.45, 7) is 2.18. The van der Waals surface area contributed by atoms with Crippen molar-refractivity contribution in [1.29, 1.82) is 0 Å². The van der Waals surface area contributed by atoms with Crippen molar-refractivity contribution in [2.24, 2.45) is 10.9 Å². The molecule has 0 saturated heterocycles. The Morgan fingerprint density at radius 3 is 2.76 bits per heavy atom. The van der Waals surface area contributed by atoms with E-state index in [2.05, 4.69) is 12.1 Å². The van der Waals surface area contributed by atoms with E-state index in [1.165, 1.54) is 6.07 Å². The van der Waals surface area contributed by atoms with Gasteiger partial charge in [0.25, 0.3) is 0 Å². The molecule has 0 aromatic heterocycles. The van der Waals surface area contributed by atoms with E-state index in [9.17, 15) is 4.39 Å². The molecule has 0 fully saturated rings. The van der Waals surface area contributed by atoms with Crippen LogP contribution in [0.4, 0.5) is 4.39 Å². The van der Waals surface area contributed by atoms with Gasteiger partial charge >= 0.3 is 0 Å². The van der Waals surface area contributed by atoms with Crippen LogP contribution in [0, 0.1) is 5.82 Å². The Morgan fingerprint density at radius 2 is 2.10 bits per heavy atom. The van der Waals surface area contributed by atoms with Gasteiger partial charge in [0.1, 0.15) is 18.2 Å². The molecule has 21 heavy (non-hydrogen) atoms. The van der Waals surface area contributed by atoms with Crippen molar-refractivity contribution in [1.82, 2.24) is 0 Å². The molecule has 0 aliphatic heterocycles. The van der Waals surface area contributed by atoms with Crippen molar-refractivity contribution in [2.45, 2.75) is 20.0 Å². The fourth-order valence-electron chi connectivity index (χ4n) is 1.90. The standard InChI is InChI=1S/C16H17FN2O2/c1-2-11-4-3-5-14(8-11)21-10-13-7-6-12(9-15(13)17)16(18)19-20/h3-9,20H,2,10H2,1H3,(H2,18,19). The molecule has 0 radical (unpaired) electrons. The molecule has 2 aromatic rings. The topological polar surface area (TPSA) is 67.8 Å². The van der Waals surface area contributed by atoms with Crippen LogP contribution in [-0.2, 0) is 13.0 Å². The van der Waals surface area contributed by atoms with E-state index in [1.807, 2.05) is 24.3 Å². The van der Waals surface area contributed by atoms with E-state index in [0.717, 1.165) is 12.0 Å². The first kappa shape index (κ1) is 14.8. The van der Waals surface area contributed by atoms with Crippen LogP contribution in [0.5, 0.6) is 5.75 Å². The molecule has 0 heterocycles. The average Bonchev–Trinajstić information content (AvgIpc) is 2.53. The highest BCUT2D eigenvalue weighted by molar-refractivity contribution is 5.97. The van der Waals surface area contributed by atoms with Gasteiger partial charge in [-0.15, -0.1) is 0 Å². The fraction of sp³-hybridized carbons (Fsp3) is 0.188. The van der Waals surface area contributed by atoms with Crippen molar-refractivity contribution in [3.05, 3.63) is 65.0 Å². The van der Waals surface area contributed by atoms with Crippen molar-refractivity contribution >= 4 is 5.84 Å². The molecule has 2 rings (SSSR count). The van der Waals surface area contributed by atoms with Gasteiger partial charge in [0.05, 0.1) is 0 Å². The quantitative estimate of drug-likeness (QED) is 0.384. The molecule has 0 amide bonds. The number of nitrogens with zero attached hydrogens (tertiary/aromatic N) is 1. The number of ether oxygens (including phenoxy) is 1. The monoisotopic (exact) mass is 288 g/mol. The zero-order valence-electron chi connectivity index (χ0n) is 11.7. The van der Waals surface area contributed by atoms with Gasteiger partial charge < -0.3 is 15.7 Å². The minimum Gasteiger partial charge on any atom is -0.489 e. The van der Waals surface area contributed by atoms with Crippen LogP contribution in [0.15, 0.2) is 47.6 Å². The maximum absolute atomic E-state index is 13.9. The molecule has 0 atom stereocenters. The maximum Gasteiger partial charge on any atom is 0.170 e. The number of amidine groups is 1. The Labute approximate surface area is 122 Å². The van der Waals surface area contributed by atoms with Gasteiger partial charge in [0.2, 0.25) is 0 Å². The molecule has 0 spiro atoms. The third-order valence-electron chi connectivity index (χ3n) is 3.16. The zero-order valence-corrected chi connectivity index (χ0v) is 11.7. The Hall–Kier alpha value is -2.56. The summed E-state index contributed by atoms with van der Waals surface area (Å²) >= 11 is 0. The number of rotatable bonds is 5. The summed E-state index contributed by atoms with van der Waals surface area (Å²) in [7, 11) is 0. The smallest absolute Gasteiger partial charge is 0.170 e. The van der Waals surface area contributed by atoms with Gasteiger partial charge in [-0.3, -0.25) is 0 Å². The number of nitrogens with two attached hydrogens (primary N) is 1. The molecule has 0 aliphatic rings. The van der Waals surface area contributed by atoms with E-state index in [4.69, 9.17) is 15.7 Å². The summed E-state index contributed by atoms with van der Waals surface area (Å²) < 4.78 is 19.5. The lowest BCUT2D eigenvalue weighted by Gasteiger charge is -2.09. The van der Waals surface area contributed by atoms with Gasteiger partial charge in [0.15, 0.2) is 5.84 Å². The molecule has 4 nitrogen and oxygen atoms in total. The molecule has 5 heteroatoms. The van der Waals surface area contributed by atoms with E-state index in [-0.39, 0.29) is 12.4 Å². The van der Waals surface area contributed by atoms with E-state index in [0.29, 0.717) is 16.9 Å². The summed E-state index contributed by atoms with van der Waals surface area (Å²) in [5.41, 5.74) is 7.31.